The van der Waals surface area contributed by atoms with E-state index in [0.717, 1.165) is 12.0 Å². The molecule has 0 unspecified atom stereocenters. The van der Waals surface area contributed by atoms with Crippen molar-refractivity contribution in [1.82, 2.24) is 10.3 Å². The van der Waals surface area contributed by atoms with Gasteiger partial charge in [0.25, 0.3) is 5.91 Å². The van der Waals surface area contributed by atoms with E-state index in [1.807, 2.05) is 12.1 Å². The molecule has 0 saturated carbocycles. The molecule has 1 amide bonds. The number of hydrogen-bond donors (Lipinski definition) is 2. The Morgan fingerprint density at radius 1 is 1.23 bits per heavy atom. The van der Waals surface area contributed by atoms with Gasteiger partial charge in [0.15, 0.2) is 11.5 Å². The lowest BCUT2D eigenvalue weighted by Gasteiger charge is -2.19. The predicted octanol–water partition coefficient (Wildman–Crippen LogP) is 1.79. The Kier molecular flexibility index (Phi) is 5.58. The third kappa shape index (κ3) is 3.88. The molecule has 0 radical (unpaired) electrons. The Morgan fingerprint density at radius 3 is 2.50 bits per heavy atom. The summed E-state index contributed by atoms with van der Waals surface area (Å²) in [5.41, 5.74) is 1.51. The number of hydrogen-bond acceptors (Lipinski definition) is 6. The molecule has 2 heterocycles. The molecule has 26 heavy (non-hydrogen) atoms. The molecule has 7 nitrogen and oxygen atoms in total. The number of carbonyl (C=O) groups is 1. The highest BCUT2D eigenvalue weighted by molar-refractivity contribution is 5.95. The first-order valence-electron chi connectivity index (χ1n) is 8.35. The summed E-state index contributed by atoms with van der Waals surface area (Å²) in [6.45, 7) is 1.06. The van der Waals surface area contributed by atoms with Crippen LogP contribution in [0.25, 0.3) is 0 Å². The van der Waals surface area contributed by atoms with E-state index in [9.17, 15) is 9.90 Å². The van der Waals surface area contributed by atoms with Crippen LogP contribution in [0, 0.1) is 5.92 Å². The van der Waals surface area contributed by atoms with Crippen LogP contribution in [0.3, 0.4) is 0 Å². The van der Waals surface area contributed by atoms with E-state index in [-0.39, 0.29) is 35.1 Å². The van der Waals surface area contributed by atoms with E-state index < -0.39 is 0 Å². The fourth-order valence-electron chi connectivity index (χ4n) is 3.06. The number of phenolic OH excluding ortho intramolecular Hbond substituents is 1. The largest absolute Gasteiger partial charge is 0.502 e. The first-order valence-corrected chi connectivity index (χ1v) is 8.35. The summed E-state index contributed by atoms with van der Waals surface area (Å²) in [4.78, 5) is 16.7. The number of carbonyl (C=O) groups excluding carboxylic acids is 1. The van der Waals surface area contributed by atoms with E-state index in [1.54, 1.807) is 12.4 Å². The van der Waals surface area contributed by atoms with Gasteiger partial charge in [-0.1, -0.05) is 0 Å². The average Bonchev–Trinajstić information content (AvgIpc) is 3.09. The lowest BCUT2D eigenvalue weighted by atomic mass is 9.95. The van der Waals surface area contributed by atoms with Gasteiger partial charge in [0, 0.05) is 23.9 Å². The lowest BCUT2D eigenvalue weighted by Crippen LogP contribution is -2.40. The number of aromatic nitrogens is 1. The van der Waals surface area contributed by atoms with Crippen LogP contribution in [-0.2, 0) is 11.2 Å². The quantitative estimate of drug-likeness (QED) is 0.818. The third-order valence-corrected chi connectivity index (χ3v) is 4.50. The molecule has 1 fully saturated rings. The summed E-state index contributed by atoms with van der Waals surface area (Å²) in [5.74, 6) is 0.154. The predicted molar refractivity (Wildman–Crippen MR) is 94.7 cm³/mol. The van der Waals surface area contributed by atoms with Crippen LogP contribution in [0.2, 0.25) is 0 Å². The molecular formula is C19H22N2O5. The number of pyridine rings is 1. The minimum absolute atomic E-state index is 0.0959. The van der Waals surface area contributed by atoms with Crippen LogP contribution in [-0.4, -0.2) is 49.5 Å². The second-order valence-corrected chi connectivity index (χ2v) is 6.17. The topological polar surface area (TPSA) is 89.9 Å². The average molecular weight is 358 g/mol. The molecule has 0 spiro atoms. The molecule has 3 rings (SSSR count). The van der Waals surface area contributed by atoms with Gasteiger partial charge in [0.05, 0.1) is 33.5 Å². The Hall–Kier alpha value is -2.80. The van der Waals surface area contributed by atoms with E-state index in [0.29, 0.717) is 18.8 Å². The van der Waals surface area contributed by atoms with Crippen molar-refractivity contribution < 1.29 is 24.1 Å². The summed E-state index contributed by atoms with van der Waals surface area (Å²) in [5, 5.41) is 13.0. The Bertz CT molecular complexity index is 741. The molecule has 1 aromatic heterocycles. The normalized spacial score (nSPS) is 19.2. The summed E-state index contributed by atoms with van der Waals surface area (Å²) >= 11 is 0. The van der Waals surface area contributed by atoms with E-state index in [2.05, 4.69) is 10.3 Å². The van der Waals surface area contributed by atoms with Gasteiger partial charge in [0.1, 0.15) is 0 Å². The zero-order valence-corrected chi connectivity index (χ0v) is 14.8. The van der Waals surface area contributed by atoms with Crippen LogP contribution in [0.1, 0.15) is 15.9 Å². The van der Waals surface area contributed by atoms with Crippen LogP contribution in [0.5, 0.6) is 17.2 Å². The number of amides is 1. The molecule has 0 aliphatic carbocycles. The third-order valence-electron chi connectivity index (χ3n) is 4.50. The number of phenols is 1. The smallest absolute Gasteiger partial charge is 0.251 e. The fourth-order valence-corrected chi connectivity index (χ4v) is 3.06. The molecule has 2 aromatic rings. The molecule has 2 N–H and O–H groups in total. The maximum atomic E-state index is 12.7. The number of benzene rings is 1. The van der Waals surface area contributed by atoms with Crippen molar-refractivity contribution in [3.05, 3.63) is 47.8 Å². The summed E-state index contributed by atoms with van der Waals surface area (Å²) in [7, 11) is 2.84. The molecule has 0 bridgehead atoms. The van der Waals surface area contributed by atoms with Gasteiger partial charge >= 0.3 is 0 Å². The minimum atomic E-state index is -0.267. The molecule has 7 heteroatoms. The molecule has 1 saturated heterocycles. The van der Waals surface area contributed by atoms with E-state index >= 15 is 0 Å². The van der Waals surface area contributed by atoms with E-state index in [1.165, 1.54) is 26.4 Å². The van der Waals surface area contributed by atoms with Crippen LogP contribution in [0.4, 0.5) is 0 Å². The van der Waals surface area contributed by atoms with Gasteiger partial charge < -0.3 is 24.6 Å². The molecular weight excluding hydrogens is 336 g/mol. The maximum Gasteiger partial charge on any atom is 0.251 e. The number of methoxy groups -OCH3 is 2. The zero-order valence-electron chi connectivity index (χ0n) is 14.8. The highest BCUT2D eigenvalue weighted by atomic mass is 16.5. The summed E-state index contributed by atoms with van der Waals surface area (Å²) in [6.07, 6.45) is 4.32. The van der Waals surface area contributed by atoms with Gasteiger partial charge in [-0.2, -0.15) is 0 Å². The second-order valence-electron chi connectivity index (χ2n) is 6.17. The Balaban J connectivity index is 1.72. The monoisotopic (exact) mass is 358 g/mol. The summed E-state index contributed by atoms with van der Waals surface area (Å²) in [6, 6.07) is 6.81. The van der Waals surface area contributed by atoms with Gasteiger partial charge in [-0.15, -0.1) is 0 Å². The Morgan fingerprint density at radius 2 is 1.88 bits per heavy atom. The van der Waals surface area contributed by atoms with Crippen molar-refractivity contribution in [3.63, 3.8) is 0 Å². The van der Waals surface area contributed by atoms with Crippen molar-refractivity contribution in [3.8, 4) is 17.2 Å². The van der Waals surface area contributed by atoms with Gasteiger partial charge in [-0.3, -0.25) is 9.78 Å². The highest BCUT2D eigenvalue weighted by Gasteiger charge is 2.30. The van der Waals surface area contributed by atoms with Gasteiger partial charge in [-0.25, -0.2) is 0 Å². The number of ether oxygens (including phenoxy) is 3. The Labute approximate surface area is 151 Å². The molecule has 2 atom stereocenters. The molecule has 1 aromatic carbocycles. The first kappa shape index (κ1) is 18.0. The van der Waals surface area contributed by atoms with Crippen LogP contribution in [0.15, 0.2) is 36.7 Å². The molecule has 1 aliphatic heterocycles. The highest BCUT2D eigenvalue weighted by Crippen LogP contribution is 2.37. The second kappa shape index (κ2) is 8.05. The maximum absolute atomic E-state index is 12.7. The van der Waals surface area contributed by atoms with E-state index in [4.69, 9.17) is 14.2 Å². The summed E-state index contributed by atoms with van der Waals surface area (Å²) < 4.78 is 15.8. The number of nitrogens with zero attached hydrogens (tertiary/aromatic N) is 1. The van der Waals surface area contributed by atoms with Crippen LogP contribution >= 0.6 is 0 Å². The molecule has 138 valence electrons. The standard InChI is InChI=1S/C19H22N2O5/c1-24-16-8-13(9-17(25-2)18(16)22)19(23)21-15-11-26-10-14(15)7-12-3-5-20-6-4-12/h3-6,8-9,14-15,22H,7,10-11H2,1-2H3,(H,21,23)/t14-,15-/m1/s1. The van der Waals surface area contributed by atoms with Crippen molar-refractivity contribution >= 4 is 5.91 Å². The molecule has 1 aliphatic rings. The number of nitrogens with one attached hydrogen (secondary N) is 1. The fraction of sp³-hybridized carbons (Fsp3) is 0.368. The number of rotatable bonds is 6. The van der Waals surface area contributed by atoms with Crippen molar-refractivity contribution in [1.29, 1.82) is 0 Å². The van der Waals surface area contributed by atoms with Crippen LogP contribution < -0.4 is 14.8 Å². The SMILES string of the molecule is COc1cc(C(=O)N[C@@H]2COC[C@H]2Cc2ccncc2)cc(OC)c1O. The first-order chi connectivity index (χ1) is 12.6. The lowest BCUT2D eigenvalue weighted by molar-refractivity contribution is 0.0924. The van der Waals surface area contributed by atoms with Crippen molar-refractivity contribution in [2.45, 2.75) is 12.5 Å². The van der Waals surface area contributed by atoms with Gasteiger partial charge in [0.2, 0.25) is 5.75 Å². The van der Waals surface area contributed by atoms with Gasteiger partial charge in [-0.05, 0) is 36.2 Å². The van der Waals surface area contributed by atoms with Crippen molar-refractivity contribution in [2.75, 3.05) is 27.4 Å². The van der Waals surface area contributed by atoms with Crippen molar-refractivity contribution in [2.24, 2.45) is 5.92 Å². The number of aromatic hydroxyl groups is 1. The zero-order chi connectivity index (χ0) is 18.5. The minimum Gasteiger partial charge on any atom is -0.502 e.